The number of amides is 1. The molecule has 2 aliphatic heterocycles. The summed E-state index contributed by atoms with van der Waals surface area (Å²) < 4.78 is 5.76. The van der Waals surface area contributed by atoms with E-state index in [2.05, 4.69) is 43.1 Å². The number of piperazine rings is 1. The Morgan fingerprint density at radius 1 is 1.25 bits per heavy atom. The fraction of sp³-hybridized carbons (Fsp3) is 0.591. The van der Waals surface area contributed by atoms with Crippen LogP contribution >= 0.6 is 12.4 Å². The summed E-state index contributed by atoms with van der Waals surface area (Å²) in [5.74, 6) is 0.688. The number of hydrogen-bond acceptors (Lipinski definition) is 4. The average molecular weight is 406 g/mol. The van der Waals surface area contributed by atoms with Crippen molar-refractivity contribution in [1.82, 2.24) is 15.1 Å². The summed E-state index contributed by atoms with van der Waals surface area (Å²) in [6.45, 7) is 12.6. The Bertz CT molecular complexity index is 827. The fourth-order valence-corrected chi connectivity index (χ4v) is 4.59. The highest BCUT2D eigenvalue weighted by atomic mass is 35.5. The average Bonchev–Trinajstić information content (AvgIpc) is 3.29. The first-order valence-electron chi connectivity index (χ1n) is 10.3. The molecule has 0 saturated carbocycles. The van der Waals surface area contributed by atoms with Gasteiger partial charge in [-0.15, -0.1) is 12.4 Å². The van der Waals surface area contributed by atoms with Crippen LogP contribution in [0, 0.1) is 6.92 Å². The van der Waals surface area contributed by atoms with Crippen molar-refractivity contribution in [3.63, 3.8) is 0 Å². The number of likely N-dealkylation sites (tertiary alicyclic amines) is 1. The second kappa shape index (κ2) is 8.85. The van der Waals surface area contributed by atoms with Gasteiger partial charge in [-0.2, -0.15) is 0 Å². The minimum atomic E-state index is 0. The highest BCUT2D eigenvalue weighted by Gasteiger charge is 2.31. The van der Waals surface area contributed by atoms with E-state index in [1.165, 1.54) is 11.1 Å². The van der Waals surface area contributed by atoms with Crippen LogP contribution in [-0.2, 0) is 11.2 Å². The van der Waals surface area contributed by atoms with Crippen LogP contribution in [0.4, 0.5) is 0 Å². The van der Waals surface area contributed by atoms with Gasteiger partial charge in [0.25, 0.3) is 0 Å². The minimum Gasteiger partial charge on any atom is -0.464 e. The number of carbonyl (C=O) groups is 1. The van der Waals surface area contributed by atoms with Gasteiger partial charge in [0.05, 0.1) is 12.7 Å². The van der Waals surface area contributed by atoms with Crippen molar-refractivity contribution in [2.75, 3.05) is 39.3 Å². The summed E-state index contributed by atoms with van der Waals surface area (Å²) in [4.78, 5) is 17.5. The molecular formula is C22H32ClN3O2. The molecule has 1 unspecified atom stereocenters. The second-order valence-electron chi connectivity index (χ2n) is 8.37. The van der Waals surface area contributed by atoms with Gasteiger partial charge in [-0.3, -0.25) is 9.69 Å². The third-order valence-corrected chi connectivity index (χ3v) is 6.19. The number of benzene rings is 1. The van der Waals surface area contributed by atoms with Crippen molar-refractivity contribution in [2.45, 2.75) is 45.6 Å². The van der Waals surface area contributed by atoms with Gasteiger partial charge in [-0.1, -0.05) is 13.8 Å². The largest absolute Gasteiger partial charge is 0.464 e. The molecule has 1 atom stereocenters. The molecule has 28 heavy (non-hydrogen) atoms. The zero-order valence-electron chi connectivity index (χ0n) is 17.2. The van der Waals surface area contributed by atoms with Gasteiger partial charge in [-0.05, 0) is 42.5 Å². The first-order valence-corrected chi connectivity index (χ1v) is 10.3. The maximum absolute atomic E-state index is 12.9. The number of carbonyl (C=O) groups excluding carboxylic acids is 1. The molecule has 1 N–H and O–H groups in total. The van der Waals surface area contributed by atoms with Crippen molar-refractivity contribution in [1.29, 1.82) is 0 Å². The zero-order valence-corrected chi connectivity index (χ0v) is 18.0. The predicted octanol–water partition coefficient (Wildman–Crippen LogP) is 3.34. The van der Waals surface area contributed by atoms with Crippen LogP contribution in [0.15, 0.2) is 22.8 Å². The molecule has 2 fully saturated rings. The Kier molecular flexibility index (Phi) is 6.69. The lowest BCUT2D eigenvalue weighted by Crippen LogP contribution is -2.49. The van der Waals surface area contributed by atoms with Crippen LogP contribution < -0.4 is 5.32 Å². The van der Waals surface area contributed by atoms with Gasteiger partial charge < -0.3 is 14.6 Å². The molecule has 2 saturated heterocycles. The van der Waals surface area contributed by atoms with E-state index >= 15 is 0 Å². The molecule has 2 aliphatic rings. The third-order valence-electron chi connectivity index (χ3n) is 6.19. The maximum Gasteiger partial charge on any atom is 0.227 e. The minimum absolute atomic E-state index is 0. The van der Waals surface area contributed by atoms with E-state index in [9.17, 15) is 4.79 Å². The van der Waals surface area contributed by atoms with Crippen molar-refractivity contribution in [2.24, 2.45) is 0 Å². The monoisotopic (exact) mass is 405 g/mol. The van der Waals surface area contributed by atoms with Crippen LogP contribution in [0.2, 0.25) is 0 Å². The molecule has 3 heterocycles. The SMILES string of the molecule is Cc1cc2occ(CC(=O)N3CCC(N4CCNCC4)C3)c2cc1C(C)C.Cl. The number of aryl methyl sites for hydroxylation is 1. The standard InChI is InChI=1S/C22H31N3O2.ClH/c1-15(2)19-12-20-17(14-27-21(20)10-16(19)3)11-22(26)25-7-4-18(13-25)24-8-5-23-6-9-24;/h10,12,14-15,18,23H,4-9,11,13H2,1-3H3;1H. The van der Waals surface area contributed by atoms with Gasteiger partial charge in [0, 0.05) is 56.3 Å². The number of nitrogens with one attached hydrogen (secondary N) is 1. The number of furan rings is 1. The van der Waals surface area contributed by atoms with Crippen LogP contribution in [-0.4, -0.2) is 61.0 Å². The smallest absolute Gasteiger partial charge is 0.227 e. The number of halogens is 1. The summed E-state index contributed by atoms with van der Waals surface area (Å²) in [7, 11) is 0. The van der Waals surface area contributed by atoms with Gasteiger partial charge in [0.2, 0.25) is 5.91 Å². The summed E-state index contributed by atoms with van der Waals surface area (Å²) in [5, 5.41) is 4.50. The lowest BCUT2D eigenvalue weighted by Gasteiger charge is -2.32. The normalized spacial score (nSPS) is 20.7. The quantitative estimate of drug-likeness (QED) is 0.847. The molecule has 4 rings (SSSR count). The number of nitrogens with zero attached hydrogens (tertiary/aromatic N) is 2. The Morgan fingerprint density at radius 3 is 2.71 bits per heavy atom. The number of fused-ring (bicyclic) bond motifs is 1. The molecule has 1 aromatic heterocycles. The fourth-order valence-electron chi connectivity index (χ4n) is 4.59. The van der Waals surface area contributed by atoms with Crippen molar-refractivity contribution < 1.29 is 9.21 Å². The molecule has 0 spiro atoms. The molecule has 2 aromatic rings. The van der Waals surface area contributed by atoms with Crippen molar-refractivity contribution >= 4 is 29.3 Å². The Labute approximate surface area is 173 Å². The second-order valence-corrected chi connectivity index (χ2v) is 8.37. The third kappa shape index (κ3) is 4.22. The molecular weight excluding hydrogens is 374 g/mol. The van der Waals surface area contributed by atoms with Crippen LogP contribution in [0.3, 0.4) is 0 Å². The first-order chi connectivity index (χ1) is 13.0. The van der Waals surface area contributed by atoms with Crippen LogP contribution in [0.5, 0.6) is 0 Å². The molecule has 0 bridgehead atoms. The van der Waals surface area contributed by atoms with Crippen LogP contribution in [0.1, 0.15) is 42.9 Å². The van der Waals surface area contributed by atoms with Crippen molar-refractivity contribution in [3.8, 4) is 0 Å². The Morgan fingerprint density at radius 2 is 2.00 bits per heavy atom. The van der Waals surface area contributed by atoms with E-state index in [0.717, 1.165) is 62.2 Å². The molecule has 154 valence electrons. The molecule has 0 radical (unpaired) electrons. The van der Waals surface area contributed by atoms with Crippen LogP contribution in [0.25, 0.3) is 11.0 Å². The molecule has 0 aliphatic carbocycles. The number of rotatable bonds is 4. The summed E-state index contributed by atoms with van der Waals surface area (Å²) in [6.07, 6.45) is 3.30. The summed E-state index contributed by atoms with van der Waals surface area (Å²) in [5.41, 5.74) is 4.49. The van der Waals surface area contributed by atoms with Gasteiger partial charge in [-0.25, -0.2) is 0 Å². The molecule has 5 nitrogen and oxygen atoms in total. The molecule has 1 amide bonds. The van der Waals surface area contributed by atoms with E-state index in [-0.39, 0.29) is 18.3 Å². The van der Waals surface area contributed by atoms with E-state index < -0.39 is 0 Å². The highest BCUT2D eigenvalue weighted by Crippen LogP contribution is 2.29. The van der Waals surface area contributed by atoms with E-state index in [0.29, 0.717) is 18.4 Å². The topological polar surface area (TPSA) is 48.7 Å². The van der Waals surface area contributed by atoms with Gasteiger partial charge >= 0.3 is 0 Å². The summed E-state index contributed by atoms with van der Waals surface area (Å²) in [6, 6.07) is 4.84. The first kappa shape index (κ1) is 21.2. The highest BCUT2D eigenvalue weighted by molar-refractivity contribution is 5.88. The lowest BCUT2D eigenvalue weighted by atomic mass is 9.95. The van der Waals surface area contributed by atoms with E-state index in [1.54, 1.807) is 6.26 Å². The van der Waals surface area contributed by atoms with E-state index in [4.69, 9.17) is 4.42 Å². The molecule has 1 aromatic carbocycles. The Hall–Kier alpha value is -1.56. The Balaban J connectivity index is 0.00000225. The van der Waals surface area contributed by atoms with Gasteiger partial charge in [0.1, 0.15) is 5.58 Å². The van der Waals surface area contributed by atoms with Crippen molar-refractivity contribution in [3.05, 3.63) is 35.1 Å². The predicted molar refractivity (Wildman–Crippen MR) is 115 cm³/mol. The lowest BCUT2D eigenvalue weighted by molar-refractivity contribution is -0.129. The maximum atomic E-state index is 12.9. The number of hydrogen-bond donors (Lipinski definition) is 1. The molecule has 6 heteroatoms. The zero-order chi connectivity index (χ0) is 19.0. The van der Waals surface area contributed by atoms with E-state index in [1.807, 2.05) is 4.90 Å². The summed E-state index contributed by atoms with van der Waals surface area (Å²) >= 11 is 0. The van der Waals surface area contributed by atoms with Gasteiger partial charge in [0.15, 0.2) is 0 Å².